The van der Waals surface area contributed by atoms with Crippen LogP contribution in [0.2, 0.25) is 0 Å². The predicted octanol–water partition coefficient (Wildman–Crippen LogP) is 3.04. The third-order valence-electron chi connectivity index (χ3n) is 5.22. The summed E-state index contributed by atoms with van der Waals surface area (Å²) in [5.41, 5.74) is 0.628. The van der Waals surface area contributed by atoms with Crippen LogP contribution in [-0.4, -0.2) is 38.9 Å². The molecule has 9 nitrogen and oxygen atoms in total. The van der Waals surface area contributed by atoms with Gasteiger partial charge in [-0.2, -0.15) is 5.10 Å². The Morgan fingerprint density at radius 3 is 2.56 bits per heavy atom. The lowest BCUT2D eigenvalue weighted by Gasteiger charge is -2.25. The zero-order valence-corrected chi connectivity index (χ0v) is 19.6. The lowest BCUT2D eigenvalue weighted by Crippen LogP contribution is -2.36. The highest BCUT2D eigenvalue weighted by Crippen LogP contribution is 2.43. The number of hydrogen-bond donors (Lipinski definition) is 2. The van der Waals surface area contributed by atoms with E-state index >= 15 is 0 Å². The summed E-state index contributed by atoms with van der Waals surface area (Å²) in [6, 6.07) is 17.4. The van der Waals surface area contributed by atoms with Crippen molar-refractivity contribution in [3.05, 3.63) is 106 Å². The van der Waals surface area contributed by atoms with E-state index in [0.29, 0.717) is 10.9 Å². The molecule has 1 amide bonds. The van der Waals surface area contributed by atoms with E-state index in [1.54, 1.807) is 56.3 Å². The predicted molar refractivity (Wildman–Crippen MR) is 129 cm³/mol. The number of nitrogens with one attached hydrogen (secondary N) is 2. The second-order valence-electron chi connectivity index (χ2n) is 7.54. The normalized spacial score (nSPS) is 13.7. The van der Waals surface area contributed by atoms with Crippen LogP contribution in [0.25, 0.3) is 5.95 Å². The van der Waals surface area contributed by atoms with Crippen LogP contribution in [-0.2, 0) is 9.09 Å². The van der Waals surface area contributed by atoms with Gasteiger partial charge in [0.15, 0.2) is 0 Å². The van der Waals surface area contributed by atoms with Crippen molar-refractivity contribution < 1.29 is 13.9 Å². The molecule has 0 fully saturated rings. The molecular formula is C24H24N5O4P. The van der Waals surface area contributed by atoms with Gasteiger partial charge >= 0.3 is 0 Å². The molecule has 0 radical (unpaired) electrons. The van der Waals surface area contributed by atoms with Crippen molar-refractivity contribution in [1.82, 2.24) is 25.1 Å². The molecule has 2 N–H and O–H groups in total. The number of hydrogen-bond acceptors (Lipinski definition) is 6. The van der Waals surface area contributed by atoms with Gasteiger partial charge in [-0.1, -0.05) is 48.5 Å². The average Bonchev–Trinajstić information content (AvgIpc) is 3.38. The average molecular weight is 477 g/mol. The third kappa shape index (κ3) is 4.90. The van der Waals surface area contributed by atoms with Gasteiger partial charge in [0.25, 0.3) is 11.5 Å². The zero-order valence-electron chi connectivity index (χ0n) is 18.7. The number of rotatable bonds is 8. The lowest BCUT2D eigenvalue weighted by molar-refractivity contribution is 0.0941. The van der Waals surface area contributed by atoms with Gasteiger partial charge in [0.05, 0.1) is 12.6 Å². The van der Waals surface area contributed by atoms with Crippen LogP contribution in [0.3, 0.4) is 0 Å². The first kappa shape index (κ1) is 23.4. The molecule has 2 atom stereocenters. The van der Waals surface area contributed by atoms with Crippen molar-refractivity contribution in [3.8, 4) is 5.95 Å². The van der Waals surface area contributed by atoms with Crippen LogP contribution in [0.1, 0.15) is 34.5 Å². The molecular weight excluding hydrogens is 453 g/mol. The van der Waals surface area contributed by atoms with Crippen molar-refractivity contribution in [2.75, 3.05) is 13.3 Å². The molecule has 4 aromatic rings. The van der Waals surface area contributed by atoms with Gasteiger partial charge in [-0.25, -0.2) is 9.67 Å². The van der Waals surface area contributed by atoms with Crippen LogP contribution in [0.5, 0.6) is 0 Å². The number of carbonyl (C=O) groups is 1. The first-order valence-corrected chi connectivity index (χ1v) is 12.7. The molecule has 0 saturated heterocycles. The molecule has 0 aliphatic rings. The number of carbonyl (C=O) groups excluding carboxylic acids is 1. The lowest BCUT2D eigenvalue weighted by atomic mass is 9.98. The third-order valence-corrected chi connectivity index (χ3v) is 7.25. The van der Waals surface area contributed by atoms with Gasteiger partial charge in [0.1, 0.15) is 5.56 Å². The molecule has 10 heteroatoms. The van der Waals surface area contributed by atoms with Crippen molar-refractivity contribution in [2.24, 2.45) is 0 Å². The van der Waals surface area contributed by atoms with E-state index in [-0.39, 0.29) is 18.1 Å². The molecule has 0 bridgehead atoms. The van der Waals surface area contributed by atoms with Crippen LogP contribution < -0.4 is 16.2 Å². The summed E-state index contributed by atoms with van der Waals surface area (Å²) in [6.45, 7) is 3.62. The maximum Gasteiger partial charge on any atom is 0.265 e. The van der Waals surface area contributed by atoms with Gasteiger partial charge in [-0.15, -0.1) is 0 Å². The summed E-state index contributed by atoms with van der Waals surface area (Å²) >= 11 is 0. The molecule has 1 unspecified atom stereocenters. The van der Waals surface area contributed by atoms with Gasteiger partial charge in [-0.3, -0.25) is 19.1 Å². The molecule has 2 aromatic heterocycles. The smallest absolute Gasteiger partial charge is 0.265 e. The first-order chi connectivity index (χ1) is 16.4. The van der Waals surface area contributed by atoms with Crippen molar-refractivity contribution in [3.63, 3.8) is 0 Å². The number of H-pyrrole nitrogens is 1. The Balaban J connectivity index is 1.73. The monoisotopic (exact) mass is 477 g/mol. The fourth-order valence-electron chi connectivity index (χ4n) is 3.67. The molecule has 4 rings (SSSR count). The summed E-state index contributed by atoms with van der Waals surface area (Å²) in [5.74, 6) is -0.424. The van der Waals surface area contributed by atoms with Gasteiger partial charge in [-0.05, 0) is 30.2 Å². The summed E-state index contributed by atoms with van der Waals surface area (Å²) in [4.78, 5) is 32.6. The minimum absolute atomic E-state index is 0.154. The Labute approximate surface area is 196 Å². The van der Waals surface area contributed by atoms with E-state index < -0.39 is 24.9 Å². The summed E-state index contributed by atoms with van der Waals surface area (Å²) in [6.07, 6.45) is 4.39. The van der Waals surface area contributed by atoms with Gasteiger partial charge < -0.3 is 9.84 Å². The number of aromatic amines is 1. The topological polar surface area (TPSA) is 119 Å². The largest absolute Gasteiger partial charge is 0.341 e. The molecule has 0 spiro atoms. The van der Waals surface area contributed by atoms with Crippen LogP contribution in [0.4, 0.5) is 0 Å². The number of nitrogens with zero attached hydrogens (tertiary/aromatic N) is 3. The zero-order chi connectivity index (χ0) is 24.1. The second kappa shape index (κ2) is 9.99. The maximum absolute atomic E-state index is 13.3. The Hall–Kier alpha value is -3.81. The highest BCUT2D eigenvalue weighted by molar-refractivity contribution is 7.66. The van der Waals surface area contributed by atoms with Gasteiger partial charge in [0, 0.05) is 30.6 Å². The molecule has 0 aliphatic heterocycles. The highest BCUT2D eigenvalue weighted by Gasteiger charge is 2.28. The minimum Gasteiger partial charge on any atom is -0.341 e. The van der Waals surface area contributed by atoms with Crippen LogP contribution in [0.15, 0.2) is 84.0 Å². The molecule has 174 valence electrons. The van der Waals surface area contributed by atoms with Crippen molar-refractivity contribution >= 4 is 18.6 Å². The fraction of sp³-hybridized carbons (Fsp3) is 0.167. The SMILES string of the molecule is CCOP(C)(=O)c1ccccc1[C@@H](NC(=O)c1cnc(-n2cccn2)[nH]c1=O)c1ccccc1. The summed E-state index contributed by atoms with van der Waals surface area (Å²) in [7, 11) is -3.16. The number of amides is 1. The molecule has 34 heavy (non-hydrogen) atoms. The van der Waals surface area contributed by atoms with Crippen molar-refractivity contribution in [1.29, 1.82) is 0 Å². The Bertz CT molecular complexity index is 1390. The Kier molecular flexibility index (Phi) is 6.86. The van der Waals surface area contributed by atoms with E-state index in [1.807, 2.05) is 30.3 Å². The summed E-state index contributed by atoms with van der Waals surface area (Å²) in [5, 5.41) is 7.45. The Morgan fingerprint density at radius 2 is 1.88 bits per heavy atom. The van der Waals surface area contributed by atoms with E-state index in [4.69, 9.17) is 4.52 Å². The van der Waals surface area contributed by atoms with Crippen LogP contribution in [0, 0.1) is 0 Å². The maximum atomic E-state index is 13.3. The van der Waals surface area contributed by atoms with E-state index in [2.05, 4.69) is 20.4 Å². The van der Waals surface area contributed by atoms with Crippen LogP contribution >= 0.6 is 7.37 Å². The fourth-order valence-corrected chi connectivity index (χ4v) is 5.33. The number of aromatic nitrogens is 4. The molecule has 0 aliphatic carbocycles. The molecule has 2 heterocycles. The second-order valence-corrected chi connectivity index (χ2v) is 9.97. The number of benzene rings is 2. The van der Waals surface area contributed by atoms with E-state index in [1.165, 1.54) is 10.9 Å². The summed E-state index contributed by atoms with van der Waals surface area (Å²) < 4.78 is 20.3. The molecule has 2 aromatic carbocycles. The van der Waals surface area contributed by atoms with E-state index in [9.17, 15) is 14.2 Å². The molecule has 0 saturated carbocycles. The standard InChI is InChI=1S/C24H24N5O4P/c1-3-33-34(2,32)20-13-8-7-12-18(20)21(17-10-5-4-6-11-17)27-22(30)19-16-25-24(28-23(19)31)29-15-9-14-26-29/h4-16,21H,3H2,1-2H3,(H,27,30)(H,25,28,31)/t21-,34?/m0/s1. The Morgan fingerprint density at radius 1 is 1.15 bits per heavy atom. The van der Waals surface area contributed by atoms with Gasteiger partial charge in [0.2, 0.25) is 13.3 Å². The highest BCUT2D eigenvalue weighted by atomic mass is 31.2. The van der Waals surface area contributed by atoms with E-state index in [0.717, 1.165) is 5.56 Å². The minimum atomic E-state index is -3.16. The quantitative estimate of drug-likeness (QED) is 0.377. The first-order valence-electron chi connectivity index (χ1n) is 10.7. The van der Waals surface area contributed by atoms with Crippen molar-refractivity contribution in [2.45, 2.75) is 13.0 Å².